The lowest BCUT2D eigenvalue weighted by Gasteiger charge is -2.14. The number of hydrogen-bond acceptors (Lipinski definition) is 5. The van der Waals surface area contributed by atoms with Crippen LogP contribution >= 0.6 is 12.4 Å². The summed E-state index contributed by atoms with van der Waals surface area (Å²) in [5, 5.41) is 14.0. The molecule has 0 saturated carbocycles. The number of likely N-dealkylation sites (tertiary alicyclic amines) is 1. The van der Waals surface area contributed by atoms with Crippen LogP contribution in [0, 0.1) is 0 Å². The van der Waals surface area contributed by atoms with Gasteiger partial charge in [-0.05, 0) is 55.3 Å². The van der Waals surface area contributed by atoms with Crippen LogP contribution in [-0.2, 0) is 27.2 Å². The summed E-state index contributed by atoms with van der Waals surface area (Å²) in [5.74, 6) is -0.320. The molecule has 4 rings (SSSR count). The molecule has 0 radical (unpaired) electrons. The first-order chi connectivity index (χ1) is 15.5. The van der Waals surface area contributed by atoms with Gasteiger partial charge in [0.2, 0.25) is 11.8 Å². The maximum Gasteiger partial charge on any atom is 0.341 e. The summed E-state index contributed by atoms with van der Waals surface area (Å²) in [6, 6.07) is 14.6. The average Bonchev–Trinajstić information content (AvgIpc) is 3.42. The molecule has 0 spiro atoms. The third-order valence-corrected chi connectivity index (χ3v) is 5.22. The van der Waals surface area contributed by atoms with Crippen molar-refractivity contribution >= 4 is 35.9 Å². The summed E-state index contributed by atoms with van der Waals surface area (Å²) in [5.41, 5.74) is 2.80. The minimum absolute atomic E-state index is 0. The van der Waals surface area contributed by atoms with Crippen molar-refractivity contribution in [2.75, 3.05) is 38.1 Å². The summed E-state index contributed by atoms with van der Waals surface area (Å²) < 4.78 is 4.87. The highest BCUT2D eigenvalue weighted by Gasteiger charge is 2.18. The predicted octanol–water partition coefficient (Wildman–Crippen LogP) is 2.51. The monoisotopic (exact) mass is 475 g/mol. The Labute approximate surface area is 199 Å². The van der Waals surface area contributed by atoms with E-state index in [0.29, 0.717) is 25.1 Å². The molecule has 0 bridgehead atoms. The van der Waals surface area contributed by atoms with E-state index in [4.69, 9.17) is 9.84 Å². The van der Waals surface area contributed by atoms with E-state index in [-0.39, 0.29) is 30.8 Å². The quantitative estimate of drug-likeness (QED) is 0.541. The van der Waals surface area contributed by atoms with Gasteiger partial charge in [0.15, 0.2) is 6.61 Å². The number of para-hydroxylation sites is 1. The molecule has 0 aromatic heterocycles. The van der Waals surface area contributed by atoms with Crippen LogP contribution in [0.3, 0.4) is 0 Å². The van der Waals surface area contributed by atoms with Gasteiger partial charge in [0, 0.05) is 18.8 Å². The fourth-order valence-electron chi connectivity index (χ4n) is 3.64. The Kier molecular flexibility index (Phi) is 10.7. The second kappa shape index (κ2) is 13.4. The van der Waals surface area contributed by atoms with Crippen LogP contribution in [0.25, 0.3) is 0 Å². The number of rotatable bonds is 8. The topological polar surface area (TPSA) is 108 Å². The number of aliphatic carboxylic acids is 1. The summed E-state index contributed by atoms with van der Waals surface area (Å²) in [6.45, 7) is 3.66. The lowest BCUT2D eigenvalue weighted by Crippen LogP contribution is -2.34. The van der Waals surface area contributed by atoms with Crippen LogP contribution in [0.5, 0.6) is 5.75 Å². The average molecular weight is 476 g/mol. The number of anilines is 1. The van der Waals surface area contributed by atoms with Crippen LogP contribution in [0.4, 0.5) is 5.69 Å². The van der Waals surface area contributed by atoms with Crippen molar-refractivity contribution < 1.29 is 24.2 Å². The summed E-state index contributed by atoms with van der Waals surface area (Å²) in [7, 11) is 0. The van der Waals surface area contributed by atoms with Crippen molar-refractivity contribution in [2.24, 2.45) is 0 Å². The van der Waals surface area contributed by atoms with Gasteiger partial charge in [0.25, 0.3) is 0 Å². The summed E-state index contributed by atoms with van der Waals surface area (Å²) in [4.78, 5) is 35.7. The molecule has 2 aliphatic heterocycles. The Morgan fingerprint density at radius 2 is 1.82 bits per heavy atom. The van der Waals surface area contributed by atoms with E-state index in [1.807, 2.05) is 24.3 Å². The SMILES string of the molecule is Cl.O=C(Cc1ccc2c(c1)NC(=O)C2)NCCN1CCCC1.O=C(O)COc1ccccc1. The smallest absolute Gasteiger partial charge is 0.341 e. The van der Waals surface area contributed by atoms with E-state index in [1.54, 1.807) is 24.3 Å². The molecular formula is C24H30ClN3O5. The maximum atomic E-state index is 11.9. The Morgan fingerprint density at radius 3 is 2.52 bits per heavy atom. The van der Waals surface area contributed by atoms with Gasteiger partial charge in [-0.25, -0.2) is 4.79 Å². The van der Waals surface area contributed by atoms with E-state index in [9.17, 15) is 14.4 Å². The normalized spacial score (nSPS) is 14.2. The highest BCUT2D eigenvalue weighted by Crippen LogP contribution is 2.24. The number of nitrogens with one attached hydrogen (secondary N) is 2. The number of hydrogen-bond donors (Lipinski definition) is 3. The van der Waals surface area contributed by atoms with Crippen LogP contribution in [0.1, 0.15) is 24.0 Å². The highest BCUT2D eigenvalue weighted by atomic mass is 35.5. The van der Waals surface area contributed by atoms with E-state index in [0.717, 1.165) is 36.4 Å². The molecule has 33 heavy (non-hydrogen) atoms. The van der Waals surface area contributed by atoms with Crippen molar-refractivity contribution in [3.8, 4) is 5.75 Å². The molecule has 2 aliphatic rings. The molecule has 3 N–H and O–H groups in total. The molecule has 8 nitrogen and oxygen atoms in total. The largest absolute Gasteiger partial charge is 0.482 e. The van der Waals surface area contributed by atoms with Gasteiger partial charge in [0.05, 0.1) is 12.8 Å². The number of benzene rings is 2. The lowest BCUT2D eigenvalue weighted by molar-refractivity contribution is -0.139. The van der Waals surface area contributed by atoms with Crippen molar-refractivity contribution in [1.29, 1.82) is 0 Å². The second-order valence-corrected chi connectivity index (χ2v) is 7.79. The molecule has 0 atom stereocenters. The van der Waals surface area contributed by atoms with Gasteiger partial charge in [-0.15, -0.1) is 12.4 Å². The van der Waals surface area contributed by atoms with E-state index in [2.05, 4.69) is 15.5 Å². The van der Waals surface area contributed by atoms with Crippen molar-refractivity contribution in [2.45, 2.75) is 25.7 Å². The third-order valence-electron chi connectivity index (χ3n) is 5.22. The number of halogens is 1. The second-order valence-electron chi connectivity index (χ2n) is 7.79. The first kappa shape index (κ1) is 26.2. The fraction of sp³-hybridized carbons (Fsp3) is 0.375. The summed E-state index contributed by atoms with van der Waals surface area (Å²) in [6.07, 6.45) is 3.35. The molecule has 2 aromatic rings. The zero-order valence-corrected chi connectivity index (χ0v) is 19.2. The first-order valence-electron chi connectivity index (χ1n) is 10.8. The van der Waals surface area contributed by atoms with Gasteiger partial charge in [-0.1, -0.05) is 30.3 Å². The number of carboxylic acids is 1. The maximum absolute atomic E-state index is 11.9. The number of carbonyl (C=O) groups excluding carboxylic acids is 2. The van der Waals surface area contributed by atoms with Gasteiger partial charge < -0.3 is 25.4 Å². The van der Waals surface area contributed by atoms with Crippen LogP contribution < -0.4 is 15.4 Å². The standard InChI is InChI=1S/C16H21N3O2.C8H8O3.ClH/c20-15(17-5-8-19-6-1-2-7-19)10-12-3-4-13-11-16(21)18-14(13)9-12;9-8(10)6-11-7-4-2-1-3-5-7;/h3-4,9H,1-2,5-8,10-11H2,(H,17,20)(H,18,21);1-5H,6H2,(H,9,10);1H. The number of nitrogens with zero attached hydrogens (tertiary/aromatic N) is 1. The molecule has 0 aliphatic carbocycles. The number of ether oxygens (including phenoxy) is 1. The van der Waals surface area contributed by atoms with Crippen molar-refractivity contribution in [3.63, 3.8) is 0 Å². The minimum atomic E-state index is -0.964. The number of fused-ring (bicyclic) bond motifs is 1. The van der Waals surface area contributed by atoms with Crippen LogP contribution in [0.2, 0.25) is 0 Å². The highest BCUT2D eigenvalue weighted by molar-refractivity contribution is 5.99. The number of carboxylic acid groups (broad SMARTS) is 1. The molecule has 2 amide bonds. The third kappa shape index (κ3) is 9.11. The van der Waals surface area contributed by atoms with Crippen LogP contribution in [-0.4, -0.2) is 60.6 Å². The molecular weight excluding hydrogens is 446 g/mol. The predicted molar refractivity (Wildman–Crippen MR) is 128 cm³/mol. The molecule has 0 unspecified atom stereocenters. The molecule has 1 fully saturated rings. The van der Waals surface area contributed by atoms with Gasteiger partial charge >= 0.3 is 5.97 Å². The first-order valence-corrected chi connectivity index (χ1v) is 10.8. The van der Waals surface area contributed by atoms with E-state index >= 15 is 0 Å². The Bertz CT molecular complexity index is 933. The summed E-state index contributed by atoms with van der Waals surface area (Å²) >= 11 is 0. The van der Waals surface area contributed by atoms with Gasteiger partial charge in [0.1, 0.15) is 5.75 Å². The fourth-order valence-corrected chi connectivity index (χ4v) is 3.64. The number of amides is 2. The lowest BCUT2D eigenvalue weighted by atomic mass is 10.1. The van der Waals surface area contributed by atoms with Crippen molar-refractivity contribution in [1.82, 2.24) is 10.2 Å². The van der Waals surface area contributed by atoms with Crippen molar-refractivity contribution in [3.05, 3.63) is 59.7 Å². The molecule has 2 aromatic carbocycles. The molecule has 178 valence electrons. The number of carbonyl (C=O) groups is 3. The zero-order chi connectivity index (χ0) is 22.8. The van der Waals surface area contributed by atoms with E-state index in [1.165, 1.54) is 12.8 Å². The van der Waals surface area contributed by atoms with Gasteiger partial charge in [-0.3, -0.25) is 9.59 Å². The molecule has 2 heterocycles. The Hall–Kier alpha value is -3.10. The Morgan fingerprint density at radius 1 is 1.09 bits per heavy atom. The Balaban J connectivity index is 0.000000274. The van der Waals surface area contributed by atoms with E-state index < -0.39 is 5.97 Å². The molecule has 9 heteroatoms. The minimum Gasteiger partial charge on any atom is -0.482 e. The van der Waals surface area contributed by atoms with Crippen LogP contribution in [0.15, 0.2) is 48.5 Å². The molecule has 1 saturated heterocycles. The van der Waals surface area contributed by atoms with Gasteiger partial charge in [-0.2, -0.15) is 0 Å². The zero-order valence-electron chi connectivity index (χ0n) is 18.4.